The highest BCUT2D eigenvalue weighted by Crippen LogP contribution is 2.25. The molecule has 0 fully saturated rings. The van der Waals surface area contributed by atoms with Gasteiger partial charge in [0.15, 0.2) is 0 Å². The number of hydrazine groups is 1. The first-order valence-electron chi connectivity index (χ1n) is 9.89. The fraction of sp³-hybridized carbons (Fsp3) is 0.125. The van der Waals surface area contributed by atoms with Gasteiger partial charge < -0.3 is 10.1 Å². The highest BCUT2D eigenvalue weighted by atomic mass is 79.9. The standard InChI is InChI=1S/C24H22BrN3O4/c1-3-32-21-13-10-17(14-20(21)25)23(30)28-27-22(29)16-8-11-18(12-9-16)26-24(31)19-7-5-4-6-15(19)2/h4-14H,3H2,1-2H3,(H,26,31)(H,27,29)(H,28,30). The molecule has 0 saturated carbocycles. The van der Waals surface area contributed by atoms with E-state index in [0.717, 1.165) is 5.56 Å². The van der Waals surface area contributed by atoms with Crippen LogP contribution in [-0.2, 0) is 0 Å². The maximum Gasteiger partial charge on any atom is 0.269 e. The minimum Gasteiger partial charge on any atom is -0.493 e. The van der Waals surface area contributed by atoms with E-state index in [1.54, 1.807) is 54.6 Å². The lowest BCUT2D eigenvalue weighted by Gasteiger charge is -2.11. The van der Waals surface area contributed by atoms with Crippen molar-refractivity contribution in [1.82, 2.24) is 10.9 Å². The van der Waals surface area contributed by atoms with Gasteiger partial charge in [-0.15, -0.1) is 0 Å². The Bertz CT molecular complexity index is 1150. The van der Waals surface area contributed by atoms with Crippen molar-refractivity contribution in [2.24, 2.45) is 0 Å². The molecule has 3 N–H and O–H groups in total. The van der Waals surface area contributed by atoms with Gasteiger partial charge in [-0.1, -0.05) is 18.2 Å². The van der Waals surface area contributed by atoms with E-state index in [1.165, 1.54) is 0 Å². The van der Waals surface area contributed by atoms with E-state index < -0.39 is 11.8 Å². The molecule has 0 aliphatic heterocycles. The van der Waals surface area contributed by atoms with E-state index in [9.17, 15) is 14.4 Å². The van der Waals surface area contributed by atoms with Crippen molar-refractivity contribution in [3.63, 3.8) is 0 Å². The Labute approximate surface area is 194 Å². The largest absolute Gasteiger partial charge is 0.493 e. The normalized spacial score (nSPS) is 10.2. The van der Waals surface area contributed by atoms with Crippen LogP contribution < -0.4 is 20.9 Å². The zero-order valence-corrected chi connectivity index (χ0v) is 19.2. The minimum absolute atomic E-state index is 0.228. The van der Waals surface area contributed by atoms with Crippen LogP contribution in [0.3, 0.4) is 0 Å². The fourth-order valence-corrected chi connectivity index (χ4v) is 3.40. The summed E-state index contributed by atoms with van der Waals surface area (Å²) in [6.07, 6.45) is 0. The van der Waals surface area contributed by atoms with Gasteiger partial charge in [-0.05, 0) is 83.9 Å². The first kappa shape index (κ1) is 23.0. The van der Waals surface area contributed by atoms with Crippen LogP contribution in [-0.4, -0.2) is 24.3 Å². The SMILES string of the molecule is CCOc1ccc(C(=O)NNC(=O)c2ccc(NC(=O)c3ccccc3C)cc2)cc1Br. The van der Waals surface area contributed by atoms with E-state index in [1.807, 2.05) is 26.0 Å². The van der Waals surface area contributed by atoms with E-state index in [-0.39, 0.29) is 5.91 Å². The molecule has 3 rings (SSSR count). The van der Waals surface area contributed by atoms with E-state index >= 15 is 0 Å². The fourth-order valence-electron chi connectivity index (χ4n) is 2.90. The third kappa shape index (κ3) is 5.73. The highest BCUT2D eigenvalue weighted by molar-refractivity contribution is 9.10. The van der Waals surface area contributed by atoms with Crippen molar-refractivity contribution in [2.45, 2.75) is 13.8 Å². The minimum atomic E-state index is -0.486. The molecule has 164 valence electrons. The molecule has 0 unspecified atom stereocenters. The Morgan fingerprint density at radius 1 is 0.844 bits per heavy atom. The molecular formula is C24H22BrN3O4. The first-order chi connectivity index (χ1) is 15.4. The molecule has 0 aromatic heterocycles. The number of hydrogen-bond acceptors (Lipinski definition) is 4. The number of carbonyl (C=O) groups is 3. The molecular weight excluding hydrogens is 474 g/mol. The van der Waals surface area contributed by atoms with Crippen LogP contribution in [0.15, 0.2) is 71.2 Å². The number of rotatable bonds is 6. The number of nitrogens with one attached hydrogen (secondary N) is 3. The molecule has 0 atom stereocenters. The maximum absolute atomic E-state index is 12.4. The number of halogens is 1. The van der Waals surface area contributed by atoms with Gasteiger partial charge in [-0.2, -0.15) is 0 Å². The molecule has 32 heavy (non-hydrogen) atoms. The Hall–Kier alpha value is -3.65. The first-order valence-corrected chi connectivity index (χ1v) is 10.7. The molecule has 3 aromatic carbocycles. The van der Waals surface area contributed by atoms with Crippen molar-refractivity contribution in [1.29, 1.82) is 0 Å². The van der Waals surface area contributed by atoms with Crippen molar-refractivity contribution in [3.8, 4) is 5.75 Å². The molecule has 3 aromatic rings. The Kier molecular flexibility index (Phi) is 7.62. The second-order valence-corrected chi connectivity index (χ2v) is 7.69. The summed E-state index contributed by atoms with van der Waals surface area (Å²) in [5, 5.41) is 2.80. The molecule has 7 nitrogen and oxygen atoms in total. The zero-order valence-electron chi connectivity index (χ0n) is 17.6. The summed E-state index contributed by atoms with van der Waals surface area (Å²) in [6.45, 7) is 4.24. The summed E-state index contributed by atoms with van der Waals surface area (Å²) in [5.41, 5.74) is 7.45. The Balaban J connectivity index is 1.56. The number of carbonyl (C=O) groups excluding carboxylic acids is 3. The predicted octanol–water partition coefficient (Wildman–Crippen LogP) is 4.48. The monoisotopic (exact) mass is 495 g/mol. The summed E-state index contributed by atoms with van der Waals surface area (Å²) in [7, 11) is 0. The molecule has 0 aliphatic carbocycles. The number of ether oxygens (including phenoxy) is 1. The quantitative estimate of drug-likeness (QED) is 0.439. The van der Waals surface area contributed by atoms with Crippen LogP contribution in [0.4, 0.5) is 5.69 Å². The summed E-state index contributed by atoms with van der Waals surface area (Å²) in [6, 6.07) is 18.5. The van der Waals surface area contributed by atoms with Gasteiger partial charge in [0.25, 0.3) is 17.7 Å². The third-order valence-electron chi connectivity index (χ3n) is 4.58. The highest BCUT2D eigenvalue weighted by Gasteiger charge is 2.12. The van der Waals surface area contributed by atoms with Gasteiger partial charge in [-0.3, -0.25) is 25.2 Å². The summed E-state index contributed by atoms with van der Waals surface area (Å²) in [5.74, 6) is -0.555. The van der Waals surface area contributed by atoms with E-state index in [0.29, 0.717) is 39.2 Å². The molecule has 0 aliphatic rings. The van der Waals surface area contributed by atoms with Crippen LogP contribution in [0.1, 0.15) is 43.6 Å². The number of benzene rings is 3. The maximum atomic E-state index is 12.4. The number of anilines is 1. The number of amides is 3. The average molecular weight is 496 g/mol. The number of hydrogen-bond donors (Lipinski definition) is 3. The van der Waals surface area contributed by atoms with Crippen molar-refractivity contribution < 1.29 is 19.1 Å². The van der Waals surface area contributed by atoms with Gasteiger partial charge in [0.1, 0.15) is 5.75 Å². The molecule has 0 spiro atoms. The molecule has 0 heterocycles. The Morgan fingerprint density at radius 3 is 2.09 bits per heavy atom. The molecule has 0 radical (unpaired) electrons. The molecule has 8 heteroatoms. The second kappa shape index (κ2) is 10.6. The third-order valence-corrected chi connectivity index (χ3v) is 5.20. The van der Waals surface area contributed by atoms with Gasteiger partial charge >= 0.3 is 0 Å². The van der Waals surface area contributed by atoms with Crippen LogP contribution in [0.5, 0.6) is 5.75 Å². The summed E-state index contributed by atoms with van der Waals surface area (Å²) >= 11 is 3.35. The Morgan fingerprint density at radius 2 is 1.47 bits per heavy atom. The van der Waals surface area contributed by atoms with E-state index in [2.05, 4.69) is 32.1 Å². The molecule has 0 saturated heterocycles. The van der Waals surface area contributed by atoms with Crippen molar-refractivity contribution in [3.05, 3.63) is 93.5 Å². The lowest BCUT2D eigenvalue weighted by molar-refractivity contribution is 0.0846. The molecule has 3 amide bonds. The number of aryl methyl sites for hydroxylation is 1. The van der Waals surface area contributed by atoms with Crippen molar-refractivity contribution >= 4 is 39.3 Å². The summed E-state index contributed by atoms with van der Waals surface area (Å²) in [4.78, 5) is 37.0. The average Bonchev–Trinajstić information content (AvgIpc) is 2.79. The topological polar surface area (TPSA) is 96.5 Å². The zero-order chi connectivity index (χ0) is 23.1. The van der Waals surface area contributed by atoms with Crippen LogP contribution in [0.25, 0.3) is 0 Å². The lowest BCUT2D eigenvalue weighted by Crippen LogP contribution is -2.41. The van der Waals surface area contributed by atoms with Crippen LogP contribution in [0.2, 0.25) is 0 Å². The van der Waals surface area contributed by atoms with Crippen LogP contribution in [0, 0.1) is 6.92 Å². The van der Waals surface area contributed by atoms with Gasteiger partial charge in [0.2, 0.25) is 0 Å². The predicted molar refractivity (Wildman–Crippen MR) is 126 cm³/mol. The van der Waals surface area contributed by atoms with E-state index in [4.69, 9.17) is 4.74 Å². The van der Waals surface area contributed by atoms with Crippen LogP contribution >= 0.6 is 15.9 Å². The van der Waals surface area contributed by atoms with Crippen molar-refractivity contribution in [2.75, 3.05) is 11.9 Å². The lowest BCUT2D eigenvalue weighted by atomic mass is 10.1. The summed E-state index contributed by atoms with van der Waals surface area (Å²) < 4.78 is 6.06. The molecule has 0 bridgehead atoms. The van der Waals surface area contributed by atoms with Gasteiger partial charge in [-0.25, -0.2) is 0 Å². The van der Waals surface area contributed by atoms with Gasteiger partial charge in [0, 0.05) is 22.4 Å². The second-order valence-electron chi connectivity index (χ2n) is 6.83. The smallest absolute Gasteiger partial charge is 0.269 e. The van der Waals surface area contributed by atoms with Gasteiger partial charge in [0.05, 0.1) is 11.1 Å².